The van der Waals surface area contributed by atoms with Gasteiger partial charge in [-0.15, -0.1) is 0 Å². The second-order valence-electron chi connectivity index (χ2n) is 4.51. The van der Waals surface area contributed by atoms with E-state index in [0.29, 0.717) is 0 Å². The van der Waals surface area contributed by atoms with Crippen LogP contribution in [0.1, 0.15) is 16.7 Å². The first-order valence-corrected chi connectivity index (χ1v) is 7.20. The van der Waals surface area contributed by atoms with Crippen molar-refractivity contribution in [3.8, 4) is 11.1 Å². The van der Waals surface area contributed by atoms with E-state index in [-0.39, 0.29) is 22.0 Å². The van der Waals surface area contributed by atoms with E-state index < -0.39 is 23.5 Å². The molecule has 0 aliphatic rings. The van der Waals surface area contributed by atoms with Crippen molar-refractivity contribution in [2.45, 2.75) is 17.7 Å². The zero-order valence-corrected chi connectivity index (χ0v) is 12.5. The molecule has 0 aliphatic carbocycles. The summed E-state index contributed by atoms with van der Waals surface area (Å²) in [5.41, 5.74) is -2.47. The van der Waals surface area contributed by atoms with Crippen molar-refractivity contribution >= 4 is 15.9 Å². The molecule has 22 heavy (non-hydrogen) atoms. The quantitative estimate of drug-likeness (QED) is 0.423. The Hall–Kier alpha value is -1.50. The first-order chi connectivity index (χ1) is 10.2. The maximum absolute atomic E-state index is 13.1. The molecule has 0 aromatic heterocycles. The summed E-state index contributed by atoms with van der Waals surface area (Å²) in [6.07, 6.45) is -9.28. The van der Waals surface area contributed by atoms with Gasteiger partial charge in [0.2, 0.25) is 0 Å². The minimum atomic E-state index is -4.64. The average Bonchev–Trinajstić information content (AvgIpc) is 2.44. The largest absolute Gasteiger partial charge is 0.417 e. The third-order valence-corrected chi connectivity index (χ3v) is 3.70. The van der Waals surface area contributed by atoms with Gasteiger partial charge in [-0.3, -0.25) is 0 Å². The fraction of sp³-hybridized carbons (Fsp3) is 0.200. The van der Waals surface area contributed by atoms with E-state index in [1.54, 1.807) is 0 Å². The second-order valence-corrected chi connectivity index (χ2v) is 5.07. The topological polar surface area (TPSA) is 0 Å². The summed E-state index contributed by atoms with van der Waals surface area (Å²) in [4.78, 5) is 0. The lowest BCUT2D eigenvalue weighted by Crippen LogP contribution is -2.11. The highest BCUT2D eigenvalue weighted by molar-refractivity contribution is 9.08. The summed E-state index contributed by atoms with van der Waals surface area (Å²) in [5.74, 6) is 0. The van der Waals surface area contributed by atoms with E-state index in [1.807, 2.05) is 0 Å². The van der Waals surface area contributed by atoms with Crippen molar-refractivity contribution in [1.82, 2.24) is 0 Å². The van der Waals surface area contributed by atoms with Gasteiger partial charge in [0.1, 0.15) is 0 Å². The fourth-order valence-electron chi connectivity index (χ4n) is 2.21. The number of alkyl halides is 7. The molecule has 0 unspecified atom stereocenters. The second kappa shape index (κ2) is 5.95. The van der Waals surface area contributed by atoms with Gasteiger partial charge in [-0.25, -0.2) is 0 Å². The Bertz CT molecular complexity index is 672. The Balaban J connectivity index is 2.75. The van der Waals surface area contributed by atoms with Gasteiger partial charge >= 0.3 is 12.4 Å². The molecule has 0 bridgehead atoms. The van der Waals surface area contributed by atoms with Crippen LogP contribution >= 0.6 is 15.9 Å². The summed E-state index contributed by atoms with van der Waals surface area (Å²) in [7, 11) is 0. The first-order valence-electron chi connectivity index (χ1n) is 6.08. The summed E-state index contributed by atoms with van der Waals surface area (Å²) in [6, 6.07) is 7.82. The fourth-order valence-corrected chi connectivity index (χ4v) is 2.82. The zero-order valence-electron chi connectivity index (χ0n) is 10.9. The normalized spacial score (nSPS) is 12.5. The van der Waals surface area contributed by atoms with Crippen LogP contribution in [0.4, 0.5) is 26.3 Å². The van der Waals surface area contributed by atoms with Crippen molar-refractivity contribution in [2.24, 2.45) is 0 Å². The van der Waals surface area contributed by atoms with Crippen LogP contribution in [0.15, 0.2) is 42.5 Å². The molecular weight excluding hydrogens is 374 g/mol. The summed E-state index contributed by atoms with van der Waals surface area (Å²) < 4.78 is 78.3. The number of hydrogen-bond donors (Lipinski definition) is 0. The molecule has 0 heterocycles. The van der Waals surface area contributed by atoms with Gasteiger partial charge in [0, 0.05) is 5.33 Å². The molecule has 2 aromatic rings. The Kier molecular flexibility index (Phi) is 4.56. The predicted octanol–water partition coefficient (Wildman–Crippen LogP) is 6.29. The van der Waals surface area contributed by atoms with Gasteiger partial charge in [-0.2, -0.15) is 26.3 Å². The van der Waals surface area contributed by atoms with Crippen molar-refractivity contribution < 1.29 is 26.3 Å². The lowest BCUT2D eigenvalue weighted by atomic mass is 9.93. The number of hydrogen-bond acceptors (Lipinski definition) is 0. The first kappa shape index (κ1) is 16.9. The van der Waals surface area contributed by atoms with Gasteiger partial charge in [-0.1, -0.05) is 46.3 Å². The van der Waals surface area contributed by atoms with Gasteiger partial charge < -0.3 is 0 Å². The molecule has 0 atom stereocenters. The van der Waals surface area contributed by atoms with Crippen molar-refractivity contribution in [3.05, 3.63) is 59.2 Å². The third-order valence-electron chi connectivity index (χ3n) is 3.14. The van der Waals surface area contributed by atoms with Crippen LogP contribution in [0.5, 0.6) is 0 Å². The number of rotatable bonds is 2. The minimum Gasteiger partial charge on any atom is -0.166 e. The molecule has 2 aromatic carbocycles. The van der Waals surface area contributed by atoms with Crippen LogP contribution < -0.4 is 0 Å². The molecule has 0 radical (unpaired) electrons. The SMILES string of the molecule is FC(F)(F)c1ccccc1-c1cccc(C(F)(F)F)c1CBr. The minimum absolute atomic E-state index is 0.0837. The molecule has 0 fully saturated rings. The predicted molar refractivity (Wildman–Crippen MR) is 74.5 cm³/mol. The molecule has 0 aliphatic heterocycles. The molecule has 7 heteroatoms. The molecule has 0 saturated heterocycles. The molecule has 0 amide bonds. The van der Waals surface area contributed by atoms with Crippen LogP contribution in [0.2, 0.25) is 0 Å². The Labute approximate surface area is 130 Å². The summed E-state index contributed by atoms with van der Waals surface area (Å²) >= 11 is 2.94. The van der Waals surface area contributed by atoms with E-state index in [4.69, 9.17) is 0 Å². The highest BCUT2D eigenvalue weighted by Crippen LogP contribution is 2.42. The van der Waals surface area contributed by atoms with Gasteiger partial charge in [-0.05, 0) is 28.8 Å². The Morgan fingerprint density at radius 2 is 1.18 bits per heavy atom. The standard InChI is InChI=1S/C15H9BrF6/c16-8-11-9(5-3-7-13(11)15(20,21)22)10-4-1-2-6-12(10)14(17,18)19/h1-7H,8H2. The smallest absolute Gasteiger partial charge is 0.166 e. The monoisotopic (exact) mass is 382 g/mol. The Morgan fingerprint density at radius 3 is 1.73 bits per heavy atom. The van der Waals surface area contributed by atoms with Gasteiger partial charge in [0.05, 0.1) is 11.1 Å². The molecule has 0 nitrogen and oxygen atoms in total. The molecule has 2 rings (SSSR count). The van der Waals surface area contributed by atoms with E-state index in [1.165, 1.54) is 24.3 Å². The highest BCUT2D eigenvalue weighted by atomic mass is 79.9. The van der Waals surface area contributed by atoms with Gasteiger partial charge in [0.25, 0.3) is 0 Å². The van der Waals surface area contributed by atoms with Crippen molar-refractivity contribution in [2.75, 3.05) is 0 Å². The molecule has 0 saturated carbocycles. The van der Waals surface area contributed by atoms with Crippen LogP contribution in [0.3, 0.4) is 0 Å². The lowest BCUT2D eigenvalue weighted by Gasteiger charge is -2.18. The summed E-state index contributed by atoms with van der Waals surface area (Å²) in [5, 5.41) is -0.204. The third kappa shape index (κ3) is 3.29. The van der Waals surface area contributed by atoms with E-state index in [0.717, 1.165) is 18.2 Å². The van der Waals surface area contributed by atoms with Gasteiger partial charge in [0.15, 0.2) is 0 Å². The van der Waals surface area contributed by atoms with Crippen LogP contribution in [-0.2, 0) is 17.7 Å². The zero-order chi connectivity index (χ0) is 16.5. The molecular formula is C15H9BrF6. The number of benzene rings is 2. The van der Waals surface area contributed by atoms with E-state index in [2.05, 4.69) is 15.9 Å². The maximum atomic E-state index is 13.1. The van der Waals surface area contributed by atoms with Crippen LogP contribution in [0, 0.1) is 0 Å². The molecule has 118 valence electrons. The Morgan fingerprint density at radius 1 is 0.682 bits per heavy atom. The van der Waals surface area contributed by atoms with Crippen molar-refractivity contribution in [3.63, 3.8) is 0 Å². The van der Waals surface area contributed by atoms with Crippen molar-refractivity contribution in [1.29, 1.82) is 0 Å². The summed E-state index contributed by atoms with van der Waals surface area (Å²) in [6.45, 7) is 0. The average molecular weight is 383 g/mol. The number of halogens is 7. The maximum Gasteiger partial charge on any atom is 0.417 e. The molecule has 0 spiro atoms. The van der Waals surface area contributed by atoms with Crippen LogP contribution in [-0.4, -0.2) is 0 Å². The van der Waals surface area contributed by atoms with E-state index in [9.17, 15) is 26.3 Å². The lowest BCUT2D eigenvalue weighted by molar-refractivity contribution is -0.138. The highest BCUT2D eigenvalue weighted by Gasteiger charge is 2.36. The van der Waals surface area contributed by atoms with E-state index >= 15 is 0 Å². The van der Waals surface area contributed by atoms with Crippen LogP contribution in [0.25, 0.3) is 11.1 Å². The molecule has 0 N–H and O–H groups in total.